The van der Waals surface area contributed by atoms with Crippen molar-refractivity contribution in [1.29, 1.82) is 0 Å². The second-order valence-electron chi connectivity index (χ2n) is 4.17. The van der Waals surface area contributed by atoms with Crippen LogP contribution >= 0.6 is 23.1 Å². The molecular formula is C14H10FN3OS2. The molecule has 2 aromatic heterocycles. The minimum absolute atomic E-state index is 0.0456. The Kier molecular flexibility index (Phi) is 3.85. The molecule has 0 aliphatic carbocycles. The number of hydrogen-bond acceptors (Lipinski definition) is 5. The van der Waals surface area contributed by atoms with Gasteiger partial charge in [0.15, 0.2) is 4.34 Å². The molecule has 21 heavy (non-hydrogen) atoms. The summed E-state index contributed by atoms with van der Waals surface area (Å²) in [5, 5.41) is 2.71. The lowest BCUT2D eigenvalue weighted by molar-refractivity contribution is 0.102. The van der Waals surface area contributed by atoms with Gasteiger partial charge in [0.2, 0.25) is 5.95 Å². The van der Waals surface area contributed by atoms with E-state index in [4.69, 9.17) is 0 Å². The normalized spacial score (nSPS) is 10.8. The van der Waals surface area contributed by atoms with Gasteiger partial charge in [-0.25, -0.2) is 9.97 Å². The van der Waals surface area contributed by atoms with Crippen molar-refractivity contribution in [3.05, 3.63) is 48.0 Å². The first kappa shape index (κ1) is 14.0. The van der Waals surface area contributed by atoms with Crippen molar-refractivity contribution in [2.45, 2.75) is 4.34 Å². The van der Waals surface area contributed by atoms with Crippen LogP contribution in [0.15, 0.2) is 40.7 Å². The van der Waals surface area contributed by atoms with Gasteiger partial charge in [-0.1, -0.05) is 17.8 Å². The lowest BCUT2D eigenvalue weighted by Gasteiger charge is -2.04. The Morgan fingerprint density at radius 2 is 2.14 bits per heavy atom. The second-order valence-corrected chi connectivity index (χ2v) is 6.25. The number of rotatable bonds is 3. The molecule has 0 saturated carbocycles. The molecule has 0 saturated heterocycles. The number of thioether (sulfide) groups is 1. The van der Waals surface area contributed by atoms with Gasteiger partial charge in [0.1, 0.15) is 5.69 Å². The van der Waals surface area contributed by atoms with Crippen molar-refractivity contribution in [3.63, 3.8) is 0 Å². The first-order valence-electron chi connectivity index (χ1n) is 6.04. The highest BCUT2D eigenvalue weighted by Crippen LogP contribution is 2.30. The average Bonchev–Trinajstić information content (AvgIpc) is 2.89. The highest BCUT2D eigenvalue weighted by atomic mass is 32.2. The van der Waals surface area contributed by atoms with Gasteiger partial charge < -0.3 is 5.32 Å². The standard InChI is InChI=1S/C14H10FN3OS2/c1-20-14-18-9-6-5-8(7-11(9)21-14)16-13(19)10-3-2-4-12(15)17-10/h2-7H,1H3,(H,16,19). The molecule has 0 fully saturated rings. The molecule has 0 atom stereocenters. The van der Waals surface area contributed by atoms with Crippen LogP contribution in [0.1, 0.15) is 10.5 Å². The summed E-state index contributed by atoms with van der Waals surface area (Å²) in [4.78, 5) is 20.0. The number of nitrogens with zero attached hydrogens (tertiary/aromatic N) is 2. The smallest absolute Gasteiger partial charge is 0.274 e. The average molecular weight is 319 g/mol. The fourth-order valence-corrected chi connectivity index (χ4v) is 3.33. The number of pyridine rings is 1. The topological polar surface area (TPSA) is 54.9 Å². The maximum absolute atomic E-state index is 13.0. The third kappa shape index (κ3) is 3.03. The highest BCUT2D eigenvalue weighted by Gasteiger charge is 2.10. The maximum Gasteiger partial charge on any atom is 0.274 e. The third-order valence-electron chi connectivity index (χ3n) is 2.75. The van der Waals surface area contributed by atoms with Crippen LogP contribution in [0.25, 0.3) is 10.2 Å². The van der Waals surface area contributed by atoms with Crippen LogP contribution < -0.4 is 5.32 Å². The zero-order valence-corrected chi connectivity index (χ0v) is 12.6. The van der Waals surface area contributed by atoms with E-state index in [0.717, 1.165) is 14.6 Å². The molecule has 1 aromatic carbocycles. The number of carbonyl (C=O) groups excluding carboxylic acids is 1. The molecule has 1 amide bonds. The number of amides is 1. The Labute approximate surface area is 128 Å². The van der Waals surface area contributed by atoms with Crippen LogP contribution in [0.3, 0.4) is 0 Å². The van der Waals surface area contributed by atoms with Crippen molar-refractivity contribution >= 4 is 44.9 Å². The molecule has 0 bridgehead atoms. The van der Waals surface area contributed by atoms with Crippen LogP contribution in [0.4, 0.5) is 10.1 Å². The maximum atomic E-state index is 13.0. The number of carbonyl (C=O) groups is 1. The lowest BCUT2D eigenvalue weighted by Crippen LogP contribution is -2.13. The van der Waals surface area contributed by atoms with Gasteiger partial charge in [-0.2, -0.15) is 4.39 Å². The summed E-state index contributed by atoms with van der Waals surface area (Å²) in [5.74, 6) is -1.12. The third-order valence-corrected chi connectivity index (χ3v) is 4.75. The lowest BCUT2D eigenvalue weighted by atomic mass is 10.2. The Balaban J connectivity index is 1.85. The number of thiazole rings is 1. The summed E-state index contributed by atoms with van der Waals surface area (Å²) in [6.07, 6.45) is 1.97. The van der Waals surface area contributed by atoms with E-state index in [2.05, 4.69) is 15.3 Å². The van der Waals surface area contributed by atoms with Crippen LogP contribution in [0, 0.1) is 5.95 Å². The Morgan fingerprint density at radius 1 is 1.29 bits per heavy atom. The molecule has 3 aromatic rings. The fourth-order valence-electron chi connectivity index (χ4n) is 1.80. The number of fused-ring (bicyclic) bond motifs is 1. The van der Waals surface area contributed by atoms with Crippen molar-refractivity contribution in [1.82, 2.24) is 9.97 Å². The quantitative estimate of drug-likeness (QED) is 0.589. The van der Waals surface area contributed by atoms with Crippen molar-refractivity contribution in [3.8, 4) is 0 Å². The van der Waals surface area contributed by atoms with Gasteiger partial charge in [0.05, 0.1) is 10.2 Å². The van der Waals surface area contributed by atoms with Gasteiger partial charge in [-0.05, 0) is 36.6 Å². The predicted octanol–water partition coefficient (Wildman–Crippen LogP) is 3.80. The van der Waals surface area contributed by atoms with E-state index in [0.29, 0.717) is 5.69 Å². The number of hydrogen-bond donors (Lipinski definition) is 1. The van der Waals surface area contributed by atoms with Crippen LogP contribution in [0.5, 0.6) is 0 Å². The van der Waals surface area contributed by atoms with Gasteiger partial charge in [0, 0.05) is 5.69 Å². The van der Waals surface area contributed by atoms with Crippen LogP contribution in [-0.4, -0.2) is 22.1 Å². The molecule has 2 heterocycles. The molecule has 7 heteroatoms. The summed E-state index contributed by atoms with van der Waals surface area (Å²) in [5.41, 5.74) is 1.57. The second kappa shape index (κ2) is 5.79. The molecule has 4 nitrogen and oxygen atoms in total. The first-order chi connectivity index (χ1) is 10.2. The molecule has 0 radical (unpaired) electrons. The minimum Gasteiger partial charge on any atom is -0.321 e. The van der Waals surface area contributed by atoms with Crippen molar-refractivity contribution in [2.24, 2.45) is 0 Å². The molecule has 106 valence electrons. The number of nitrogens with one attached hydrogen (secondary N) is 1. The van der Waals surface area contributed by atoms with E-state index in [1.165, 1.54) is 18.2 Å². The zero-order valence-electron chi connectivity index (χ0n) is 11.0. The largest absolute Gasteiger partial charge is 0.321 e. The number of halogens is 1. The molecule has 1 N–H and O–H groups in total. The summed E-state index contributed by atoms with van der Waals surface area (Å²) in [6.45, 7) is 0. The summed E-state index contributed by atoms with van der Waals surface area (Å²) in [6, 6.07) is 9.58. The van der Waals surface area contributed by atoms with Crippen LogP contribution in [-0.2, 0) is 0 Å². The van der Waals surface area contributed by atoms with Crippen molar-refractivity contribution < 1.29 is 9.18 Å². The summed E-state index contributed by atoms with van der Waals surface area (Å²) in [7, 11) is 0. The molecule has 0 aliphatic heterocycles. The van der Waals surface area contributed by atoms with E-state index >= 15 is 0 Å². The highest BCUT2D eigenvalue weighted by molar-refractivity contribution is 8.00. The number of anilines is 1. The minimum atomic E-state index is -0.676. The summed E-state index contributed by atoms with van der Waals surface area (Å²) < 4.78 is 15.0. The van der Waals surface area contributed by atoms with E-state index in [9.17, 15) is 9.18 Å². The van der Waals surface area contributed by atoms with Gasteiger partial charge in [-0.15, -0.1) is 11.3 Å². The number of benzene rings is 1. The Morgan fingerprint density at radius 3 is 2.90 bits per heavy atom. The molecule has 3 rings (SSSR count). The zero-order chi connectivity index (χ0) is 14.8. The van der Waals surface area contributed by atoms with Gasteiger partial charge >= 0.3 is 0 Å². The molecular weight excluding hydrogens is 309 g/mol. The van der Waals surface area contributed by atoms with E-state index < -0.39 is 11.9 Å². The van der Waals surface area contributed by atoms with E-state index in [-0.39, 0.29) is 5.69 Å². The van der Waals surface area contributed by atoms with Gasteiger partial charge in [-0.3, -0.25) is 4.79 Å². The van der Waals surface area contributed by atoms with Gasteiger partial charge in [0.25, 0.3) is 5.91 Å². The molecule has 0 spiro atoms. The fraction of sp³-hybridized carbons (Fsp3) is 0.0714. The molecule has 0 aliphatic rings. The first-order valence-corrected chi connectivity index (χ1v) is 8.08. The van der Waals surface area contributed by atoms with E-state index in [1.54, 1.807) is 29.2 Å². The SMILES string of the molecule is CSc1nc2ccc(NC(=O)c3cccc(F)n3)cc2s1. The van der Waals surface area contributed by atoms with Crippen molar-refractivity contribution in [2.75, 3.05) is 11.6 Å². The van der Waals surface area contributed by atoms with E-state index in [1.807, 2.05) is 18.4 Å². The number of aromatic nitrogens is 2. The molecule has 0 unspecified atom stereocenters. The summed E-state index contributed by atoms with van der Waals surface area (Å²) >= 11 is 3.14. The monoisotopic (exact) mass is 319 g/mol. The predicted molar refractivity (Wildman–Crippen MR) is 83.5 cm³/mol. The Hall–Kier alpha value is -1.99. The Bertz CT molecular complexity index is 819. The van der Waals surface area contributed by atoms with Crippen LogP contribution in [0.2, 0.25) is 0 Å².